The van der Waals surface area contributed by atoms with E-state index in [-0.39, 0.29) is 0 Å². The maximum atomic E-state index is 5.43. The number of aromatic nitrogens is 1. The van der Waals surface area contributed by atoms with Gasteiger partial charge in [-0.1, -0.05) is 11.3 Å². The molecule has 0 spiro atoms. The third-order valence-corrected chi connectivity index (χ3v) is 5.65. The molecule has 0 N–H and O–H groups in total. The van der Waals surface area contributed by atoms with Crippen LogP contribution in [0.1, 0.15) is 16.0 Å². The van der Waals surface area contributed by atoms with Crippen molar-refractivity contribution < 1.29 is 14.2 Å². The molecule has 3 aromatic rings. The van der Waals surface area contributed by atoms with Crippen LogP contribution in [0.15, 0.2) is 41.4 Å². The zero-order chi connectivity index (χ0) is 18.8. The third-order valence-electron chi connectivity index (χ3n) is 4.63. The molecule has 2 aromatic carbocycles. The number of aliphatic imine (C=N–C) groups is 1. The van der Waals surface area contributed by atoms with Crippen LogP contribution in [0.2, 0.25) is 0 Å². The summed E-state index contributed by atoms with van der Waals surface area (Å²) in [5.41, 5.74) is 4.38. The number of benzene rings is 2. The van der Waals surface area contributed by atoms with Crippen LogP contribution in [-0.2, 0) is 12.8 Å². The summed E-state index contributed by atoms with van der Waals surface area (Å²) in [6.07, 6.45) is 3.77. The quantitative estimate of drug-likeness (QED) is 0.603. The molecule has 6 heteroatoms. The summed E-state index contributed by atoms with van der Waals surface area (Å²) in [4.78, 5) is 10.6. The van der Waals surface area contributed by atoms with Gasteiger partial charge in [0.05, 0.1) is 27.0 Å². The van der Waals surface area contributed by atoms with Gasteiger partial charge in [0.2, 0.25) is 5.13 Å². The van der Waals surface area contributed by atoms with Crippen molar-refractivity contribution in [3.8, 4) is 28.5 Å². The van der Waals surface area contributed by atoms with Gasteiger partial charge in [-0.25, -0.2) is 9.98 Å². The zero-order valence-electron chi connectivity index (χ0n) is 15.5. The molecule has 1 aliphatic carbocycles. The van der Waals surface area contributed by atoms with E-state index in [2.05, 4.69) is 17.1 Å². The normalized spacial score (nSPS) is 12.6. The number of hydrogen-bond donors (Lipinski definition) is 0. The van der Waals surface area contributed by atoms with E-state index in [1.54, 1.807) is 38.9 Å². The molecule has 4 rings (SSSR count). The van der Waals surface area contributed by atoms with E-state index in [1.807, 2.05) is 24.3 Å². The summed E-state index contributed by atoms with van der Waals surface area (Å²) in [5, 5.41) is 0.751. The van der Waals surface area contributed by atoms with Crippen molar-refractivity contribution in [2.45, 2.75) is 12.8 Å². The zero-order valence-corrected chi connectivity index (χ0v) is 16.3. The Kier molecular flexibility index (Phi) is 4.81. The topological polar surface area (TPSA) is 52.9 Å². The summed E-state index contributed by atoms with van der Waals surface area (Å²) in [5.74, 6) is 2.36. The van der Waals surface area contributed by atoms with Crippen molar-refractivity contribution >= 4 is 22.7 Å². The summed E-state index contributed by atoms with van der Waals surface area (Å²) >= 11 is 1.64. The minimum absolute atomic E-state index is 0.719. The van der Waals surface area contributed by atoms with Crippen LogP contribution in [0.25, 0.3) is 11.3 Å². The third kappa shape index (κ3) is 3.40. The minimum atomic E-state index is 0.719. The van der Waals surface area contributed by atoms with Crippen molar-refractivity contribution in [3.63, 3.8) is 0 Å². The molecular weight excluding hydrogens is 360 g/mol. The SMILES string of the molecule is COc1ccc2c(c1)CCc1sc(N=Cc3ccc(OC)cc3OC)nc1-2. The van der Waals surface area contributed by atoms with E-state index < -0.39 is 0 Å². The van der Waals surface area contributed by atoms with Gasteiger partial charge in [-0.05, 0) is 48.7 Å². The first-order valence-electron chi connectivity index (χ1n) is 8.65. The molecule has 0 radical (unpaired) electrons. The Morgan fingerprint density at radius 3 is 2.52 bits per heavy atom. The molecular formula is C21H20N2O3S. The highest BCUT2D eigenvalue weighted by atomic mass is 32.1. The van der Waals surface area contributed by atoms with Crippen LogP contribution in [0.4, 0.5) is 5.13 Å². The second kappa shape index (κ2) is 7.40. The number of thiazole rings is 1. The molecule has 1 heterocycles. The van der Waals surface area contributed by atoms with Crippen LogP contribution in [0.5, 0.6) is 17.2 Å². The van der Waals surface area contributed by atoms with E-state index in [1.165, 1.54) is 16.0 Å². The Morgan fingerprint density at radius 1 is 0.963 bits per heavy atom. The van der Waals surface area contributed by atoms with Gasteiger partial charge in [-0.15, -0.1) is 0 Å². The van der Waals surface area contributed by atoms with Gasteiger partial charge in [0.1, 0.15) is 17.2 Å². The molecule has 0 atom stereocenters. The lowest BCUT2D eigenvalue weighted by Crippen LogP contribution is -2.02. The van der Waals surface area contributed by atoms with Crippen molar-refractivity contribution in [1.82, 2.24) is 4.98 Å². The molecule has 0 saturated heterocycles. The predicted octanol–water partition coefficient (Wildman–Crippen LogP) is 4.69. The lowest BCUT2D eigenvalue weighted by molar-refractivity contribution is 0.394. The number of aryl methyl sites for hydroxylation is 2. The van der Waals surface area contributed by atoms with Crippen molar-refractivity contribution in [2.75, 3.05) is 21.3 Å². The smallest absolute Gasteiger partial charge is 0.209 e. The fourth-order valence-electron chi connectivity index (χ4n) is 3.21. The van der Waals surface area contributed by atoms with Gasteiger partial charge in [-0.2, -0.15) is 0 Å². The molecule has 27 heavy (non-hydrogen) atoms. The minimum Gasteiger partial charge on any atom is -0.497 e. The summed E-state index contributed by atoms with van der Waals surface area (Å²) < 4.78 is 16.0. The molecule has 1 aromatic heterocycles. The Morgan fingerprint density at radius 2 is 1.74 bits per heavy atom. The van der Waals surface area contributed by atoms with E-state index in [0.29, 0.717) is 0 Å². The van der Waals surface area contributed by atoms with E-state index in [9.17, 15) is 0 Å². The molecule has 0 aliphatic heterocycles. The van der Waals surface area contributed by atoms with E-state index in [4.69, 9.17) is 19.2 Å². The van der Waals surface area contributed by atoms with Gasteiger partial charge in [0, 0.05) is 28.3 Å². The second-order valence-electron chi connectivity index (χ2n) is 6.16. The first-order valence-corrected chi connectivity index (χ1v) is 9.46. The van der Waals surface area contributed by atoms with E-state index in [0.717, 1.165) is 46.5 Å². The molecule has 5 nitrogen and oxygen atoms in total. The first kappa shape index (κ1) is 17.5. The highest BCUT2D eigenvalue weighted by Crippen LogP contribution is 2.40. The number of ether oxygens (including phenoxy) is 3. The Bertz CT molecular complexity index is 1010. The molecule has 0 bridgehead atoms. The van der Waals surface area contributed by atoms with Crippen molar-refractivity contribution in [2.24, 2.45) is 4.99 Å². The highest BCUT2D eigenvalue weighted by molar-refractivity contribution is 7.15. The van der Waals surface area contributed by atoms with Crippen molar-refractivity contribution in [3.05, 3.63) is 52.4 Å². The van der Waals surface area contributed by atoms with Gasteiger partial charge in [-0.3, -0.25) is 0 Å². The lowest BCUT2D eigenvalue weighted by atomic mass is 9.93. The molecule has 1 aliphatic rings. The van der Waals surface area contributed by atoms with Crippen LogP contribution in [0, 0.1) is 0 Å². The number of fused-ring (bicyclic) bond motifs is 3. The average Bonchev–Trinajstić information content (AvgIpc) is 3.15. The number of rotatable bonds is 5. The van der Waals surface area contributed by atoms with Crippen LogP contribution < -0.4 is 14.2 Å². The number of nitrogens with zero attached hydrogens (tertiary/aromatic N) is 2. The average molecular weight is 380 g/mol. The maximum Gasteiger partial charge on any atom is 0.209 e. The maximum absolute atomic E-state index is 5.43. The molecule has 138 valence electrons. The van der Waals surface area contributed by atoms with E-state index >= 15 is 0 Å². The fourth-order valence-corrected chi connectivity index (χ4v) is 4.13. The van der Waals surface area contributed by atoms with Gasteiger partial charge < -0.3 is 14.2 Å². The largest absolute Gasteiger partial charge is 0.497 e. The number of hydrogen-bond acceptors (Lipinski definition) is 6. The van der Waals surface area contributed by atoms with Gasteiger partial charge in [0.15, 0.2) is 0 Å². The predicted molar refractivity (Wildman–Crippen MR) is 108 cm³/mol. The van der Waals surface area contributed by atoms with Gasteiger partial charge >= 0.3 is 0 Å². The van der Waals surface area contributed by atoms with Crippen LogP contribution >= 0.6 is 11.3 Å². The molecule has 0 unspecified atom stereocenters. The molecule has 0 saturated carbocycles. The number of methoxy groups -OCH3 is 3. The Hall–Kier alpha value is -2.86. The summed E-state index contributed by atoms with van der Waals surface area (Å²) in [6.45, 7) is 0. The molecule has 0 fully saturated rings. The highest BCUT2D eigenvalue weighted by Gasteiger charge is 2.21. The Labute approximate surface area is 162 Å². The summed E-state index contributed by atoms with van der Waals surface area (Å²) in [6, 6.07) is 11.8. The monoisotopic (exact) mass is 380 g/mol. The van der Waals surface area contributed by atoms with Crippen LogP contribution in [0.3, 0.4) is 0 Å². The Balaban J connectivity index is 1.64. The second-order valence-corrected chi connectivity index (χ2v) is 7.22. The first-order chi connectivity index (χ1) is 13.2. The summed E-state index contributed by atoms with van der Waals surface area (Å²) in [7, 11) is 4.97. The van der Waals surface area contributed by atoms with Crippen molar-refractivity contribution in [1.29, 1.82) is 0 Å². The molecule has 0 amide bonds. The van der Waals surface area contributed by atoms with Gasteiger partial charge in [0.25, 0.3) is 0 Å². The standard InChI is InChI=1S/C21H20N2O3S/c1-24-15-7-8-17-13(10-15)5-9-19-20(17)23-21(27-19)22-12-14-4-6-16(25-2)11-18(14)26-3/h4,6-8,10-12H,5,9H2,1-3H3. The fraction of sp³-hybridized carbons (Fsp3) is 0.238. The lowest BCUT2D eigenvalue weighted by Gasteiger charge is -2.15. The van der Waals surface area contributed by atoms with Crippen LogP contribution in [-0.4, -0.2) is 32.5 Å².